The van der Waals surface area contributed by atoms with Crippen LogP contribution in [0.25, 0.3) is 0 Å². The number of halogens is 1. The average molecular weight is 502 g/mol. The van der Waals surface area contributed by atoms with E-state index in [-0.39, 0.29) is 24.0 Å². The van der Waals surface area contributed by atoms with E-state index < -0.39 is 0 Å². The molecular formula is C21H35IN4O2. The molecule has 0 radical (unpaired) electrons. The predicted octanol–water partition coefficient (Wildman–Crippen LogP) is 3.52. The average Bonchev–Trinajstić information content (AvgIpc) is 3.36. The number of methoxy groups -OCH3 is 1. The first-order valence-corrected chi connectivity index (χ1v) is 10.3. The van der Waals surface area contributed by atoms with Crippen LogP contribution in [0.15, 0.2) is 23.2 Å². The number of likely N-dealkylation sites (tertiary alicyclic amines) is 1. The van der Waals surface area contributed by atoms with Gasteiger partial charge in [-0.2, -0.15) is 0 Å². The van der Waals surface area contributed by atoms with E-state index in [9.17, 15) is 0 Å². The van der Waals surface area contributed by atoms with Gasteiger partial charge in [-0.25, -0.2) is 4.99 Å². The lowest BCUT2D eigenvalue weighted by atomic mass is 10.2. The standard InChI is InChI=1S/C21H34N4O2.HI/c1-3-25-12-6-7-17(25)15-24-21(22)23-14-16-10-11-19(26-2)20(13-16)27-18-8-4-5-9-18;/h10-11,13,17-18H,3-9,12,14-15H2,1-2H3,(H3,22,23,24);1H. The molecule has 28 heavy (non-hydrogen) atoms. The number of hydrogen-bond acceptors (Lipinski definition) is 4. The molecule has 1 aliphatic heterocycles. The van der Waals surface area contributed by atoms with Gasteiger partial charge in [0.2, 0.25) is 0 Å². The van der Waals surface area contributed by atoms with Gasteiger partial charge in [0.05, 0.1) is 19.8 Å². The Hall–Kier alpha value is -1.22. The van der Waals surface area contributed by atoms with Crippen molar-refractivity contribution < 1.29 is 9.47 Å². The van der Waals surface area contributed by atoms with Crippen molar-refractivity contribution in [1.82, 2.24) is 10.2 Å². The number of likely N-dealkylation sites (N-methyl/N-ethyl adjacent to an activating group) is 1. The molecule has 1 saturated carbocycles. The summed E-state index contributed by atoms with van der Waals surface area (Å²) in [6, 6.07) is 6.57. The highest BCUT2D eigenvalue weighted by Crippen LogP contribution is 2.32. The summed E-state index contributed by atoms with van der Waals surface area (Å²) in [5.74, 6) is 2.10. The summed E-state index contributed by atoms with van der Waals surface area (Å²) in [5, 5.41) is 3.29. The van der Waals surface area contributed by atoms with Gasteiger partial charge in [-0.1, -0.05) is 13.0 Å². The van der Waals surface area contributed by atoms with E-state index in [1.807, 2.05) is 18.2 Å². The summed E-state index contributed by atoms with van der Waals surface area (Å²) in [6.07, 6.45) is 7.54. The van der Waals surface area contributed by atoms with Gasteiger partial charge in [0.1, 0.15) is 0 Å². The molecule has 6 nitrogen and oxygen atoms in total. The molecule has 1 aromatic carbocycles. The molecule has 7 heteroatoms. The number of aliphatic imine (C=N–C) groups is 1. The summed E-state index contributed by atoms with van der Waals surface area (Å²) >= 11 is 0. The highest BCUT2D eigenvalue weighted by molar-refractivity contribution is 14.0. The van der Waals surface area contributed by atoms with Crippen molar-refractivity contribution in [3.63, 3.8) is 0 Å². The second-order valence-corrected chi connectivity index (χ2v) is 7.52. The van der Waals surface area contributed by atoms with Crippen LogP contribution in [0.2, 0.25) is 0 Å². The van der Waals surface area contributed by atoms with Gasteiger partial charge >= 0.3 is 0 Å². The molecule has 0 amide bonds. The number of ether oxygens (including phenoxy) is 2. The number of rotatable bonds is 8. The maximum Gasteiger partial charge on any atom is 0.188 e. The first-order valence-electron chi connectivity index (χ1n) is 10.3. The topological polar surface area (TPSA) is 72.1 Å². The third kappa shape index (κ3) is 6.40. The smallest absolute Gasteiger partial charge is 0.188 e. The Kier molecular flexibility index (Phi) is 9.64. The van der Waals surface area contributed by atoms with E-state index in [4.69, 9.17) is 15.2 Å². The third-order valence-corrected chi connectivity index (χ3v) is 5.68. The lowest BCUT2D eigenvalue weighted by Crippen LogP contribution is -2.42. The molecule has 3 rings (SSSR count). The van der Waals surface area contributed by atoms with Crippen LogP contribution in [0.1, 0.15) is 51.0 Å². The summed E-state index contributed by atoms with van der Waals surface area (Å²) in [7, 11) is 1.68. The minimum absolute atomic E-state index is 0. The third-order valence-electron chi connectivity index (χ3n) is 5.68. The van der Waals surface area contributed by atoms with Crippen molar-refractivity contribution in [3.05, 3.63) is 23.8 Å². The van der Waals surface area contributed by atoms with E-state index >= 15 is 0 Å². The lowest BCUT2D eigenvalue weighted by molar-refractivity contribution is 0.200. The minimum atomic E-state index is 0. The fourth-order valence-electron chi connectivity index (χ4n) is 4.09. The van der Waals surface area contributed by atoms with Crippen LogP contribution in [-0.2, 0) is 6.54 Å². The normalized spacial score (nSPS) is 20.8. The van der Waals surface area contributed by atoms with Gasteiger partial charge < -0.3 is 20.5 Å². The highest BCUT2D eigenvalue weighted by Gasteiger charge is 2.22. The number of guanidine groups is 1. The van der Waals surface area contributed by atoms with Crippen LogP contribution in [0.5, 0.6) is 11.5 Å². The molecule has 0 bridgehead atoms. The van der Waals surface area contributed by atoms with E-state index in [1.165, 1.54) is 32.2 Å². The van der Waals surface area contributed by atoms with Crippen LogP contribution in [0.3, 0.4) is 0 Å². The van der Waals surface area contributed by atoms with Crippen LogP contribution in [0.4, 0.5) is 0 Å². The first-order chi connectivity index (χ1) is 13.2. The Labute approximate surface area is 186 Å². The van der Waals surface area contributed by atoms with Gasteiger partial charge in [-0.05, 0) is 69.3 Å². The maximum atomic E-state index is 6.16. The van der Waals surface area contributed by atoms with E-state index in [0.717, 1.165) is 43.0 Å². The number of nitrogens with one attached hydrogen (secondary N) is 1. The molecule has 2 aliphatic rings. The van der Waals surface area contributed by atoms with Gasteiger partial charge in [0, 0.05) is 12.6 Å². The molecule has 1 atom stereocenters. The van der Waals surface area contributed by atoms with Gasteiger partial charge in [-0.3, -0.25) is 4.90 Å². The molecule has 3 N–H and O–H groups in total. The molecule has 0 aromatic heterocycles. The lowest BCUT2D eigenvalue weighted by Gasteiger charge is -2.23. The van der Waals surface area contributed by atoms with Crippen LogP contribution in [0, 0.1) is 0 Å². The fraction of sp³-hybridized carbons (Fsp3) is 0.667. The van der Waals surface area contributed by atoms with Crippen molar-refractivity contribution in [1.29, 1.82) is 0 Å². The minimum Gasteiger partial charge on any atom is -0.493 e. The Bertz CT molecular complexity index is 635. The number of nitrogens with zero attached hydrogens (tertiary/aromatic N) is 2. The van der Waals surface area contributed by atoms with Crippen LogP contribution < -0.4 is 20.5 Å². The molecule has 1 unspecified atom stereocenters. The number of hydrogen-bond donors (Lipinski definition) is 2. The van der Waals surface area contributed by atoms with E-state index in [1.54, 1.807) is 7.11 Å². The van der Waals surface area contributed by atoms with E-state index in [2.05, 4.69) is 22.1 Å². The van der Waals surface area contributed by atoms with Crippen molar-refractivity contribution >= 4 is 29.9 Å². The summed E-state index contributed by atoms with van der Waals surface area (Å²) in [4.78, 5) is 7.00. The zero-order valence-corrected chi connectivity index (χ0v) is 19.5. The Balaban J connectivity index is 0.00000280. The quantitative estimate of drug-likeness (QED) is 0.324. The second kappa shape index (κ2) is 11.7. The zero-order valence-electron chi connectivity index (χ0n) is 17.2. The molecule has 158 valence electrons. The first kappa shape index (κ1) is 23.1. The van der Waals surface area contributed by atoms with Crippen LogP contribution in [-0.4, -0.2) is 49.7 Å². The summed E-state index contributed by atoms with van der Waals surface area (Å²) in [6.45, 7) is 5.90. The molecule has 1 aliphatic carbocycles. The maximum absolute atomic E-state index is 6.16. The Morgan fingerprint density at radius 2 is 2.00 bits per heavy atom. The van der Waals surface area contributed by atoms with Crippen molar-refractivity contribution in [2.45, 2.75) is 64.1 Å². The van der Waals surface area contributed by atoms with E-state index in [0.29, 0.717) is 24.7 Å². The molecule has 2 fully saturated rings. The zero-order chi connectivity index (χ0) is 19.1. The Morgan fingerprint density at radius 1 is 1.21 bits per heavy atom. The Morgan fingerprint density at radius 3 is 2.71 bits per heavy atom. The van der Waals surface area contributed by atoms with Crippen molar-refractivity contribution in [2.75, 3.05) is 26.7 Å². The van der Waals surface area contributed by atoms with Gasteiger partial charge in [0.15, 0.2) is 17.5 Å². The molecule has 1 heterocycles. The largest absolute Gasteiger partial charge is 0.493 e. The molecule has 1 saturated heterocycles. The highest BCUT2D eigenvalue weighted by atomic mass is 127. The molecular weight excluding hydrogens is 467 g/mol. The summed E-state index contributed by atoms with van der Waals surface area (Å²) < 4.78 is 11.6. The molecule has 1 aromatic rings. The fourth-order valence-corrected chi connectivity index (χ4v) is 4.09. The van der Waals surface area contributed by atoms with Crippen LogP contribution >= 0.6 is 24.0 Å². The van der Waals surface area contributed by atoms with Gasteiger partial charge in [-0.15, -0.1) is 24.0 Å². The second-order valence-electron chi connectivity index (χ2n) is 7.52. The van der Waals surface area contributed by atoms with Crippen molar-refractivity contribution in [2.24, 2.45) is 10.7 Å². The number of nitrogens with two attached hydrogens (primary N) is 1. The molecule has 0 spiro atoms. The summed E-state index contributed by atoms with van der Waals surface area (Å²) in [5.41, 5.74) is 7.15. The van der Waals surface area contributed by atoms with Gasteiger partial charge in [0.25, 0.3) is 0 Å². The predicted molar refractivity (Wildman–Crippen MR) is 125 cm³/mol. The SMILES string of the molecule is CCN1CCCC1CNC(N)=NCc1ccc(OC)c(OC2CCCC2)c1.I. The number of benzene rings is 1. The van der Waals surface area contributed by atoms with Crippen molar-refractivity contribution in [3.8, 4) is 11.5 Å². The monoisotopic (exact) mass is 502 g/mol.